The number of carboxylic acids is 1. The van der Waals surface area contributed by atoms with E-state index in [9.17, 15) is 9.59 Å². The van der Waals surface area contributed by atoms with Crippen molar-refractivity contribution in [2.75, 3.05) is 13.1 Å². The highest BCUT2D eigenvalue weighted by Gasteiger charge is 2.16. The Bertz CT molecular complexity index is 386. The van der Waals surface area contributed by atoms with Crippen molar-refractivity contribution in [1.82, 2.24) is 4.90 Å². The molecule has 0 saturated heterocycles. The van der Waals surface area contributed by atoms with Crippen LogP contribution in [0.1, 0.15) is 23.0 Å². The number of carboxylic acid groups (broad SMARTS) is 1. The maximum atomic E-state index is 10.8. The standard InChI is InChI=1S/C10H14N2O4/c1-2-12(6-8(11)13)5-7-3-4-16-9(7)10(14)15/h3-4H,2,5-6H2,1H3,(H2,11,13)(H,14,15). The van der Waals surface area contributed by atoms with Crippen molar-refractivity contribution in [3.63, 3.8) is 0 Å². The second-order valence-electron chi connectivity index (χ2n) is 3.35. The van der Waals surface area contributed by atoms with Crippen molar-refractivity contribution in [1.29, 1.82) is 0 Å². The lowest BCUT2D eigenvalue weighted by atomic mass is 10.2. The Labute approximate surface area is 92.6 Å². The van der Waals surface area contributed by atoms with Gasteiger partial charge in [-0.1, -0.05) is 6.92 Å². The number of hydrogen-bond acceptors (Lipinski definition) is 4. The Morgan fingerprint density at radius 2 is 2.25 bits per heavy atom. The Balaban J connectivity index is 2.73. The molecule has 0 saturated carbocycles. The summed E-state index contributed by atoms with van der Waals surface area (Å²) in [6.45, 7) is 2.90. The lowest BCUT2D eigenvalue weighted by Crippen LogP contribution is -2.33. The number of carbonyl (C=O) groups excluding carboxylic acids is 1. The molecule has 16 heavy (non-hydrogen) atoms. The highest BCUT2D eigenvalue weighted by atomic mass is 16.4. The van der Waals surface area contributed by atoms with Crippen LogP contribution >= 0.6 is 0 Å². The summed E-state index contributed by atoms with van der Waals surface area (Å²) in [6, 6.07) is 1.58. The predicted octanol–water partition coefficient (Wildman–Crippen LogP) is 0.285. The molecule has 0 unspecified atom stereocenters. The summed E-state index contributed by atoms with van der Waals surface area (Å²) in [5, 5.41) is 8.82. The van der Waals surface area contributed by atoms with E-state index in [-0.39, 0.29) is 12.3 Å². The third-order valence-electron chi connectivity index (χ3n) is 2.16. The van der Waals surface area contributed by atoms with Gasteiger partial charge in [-0.25, -0.2) is 4.79 Å². The fourth-order valence-corrected chi connectivity index (χ4v) is 1.39. The number of aromatic carboxylic acids is 1. The lowest BCUT2D eigenvalue weighted by molar-refractivity contribution is -0.119. The van der Waals surface area contributed by atoms with E-state index in [2.05, 4.69) is 0 Å². The number of amides is 1. The van der Waals surface area contributed by atoms with Crippen LogP contribution in [0.4, 0.5) is 0 Å². The predicted molar refractivity (Wildman–Crippen MR) is 55.8 cm³/mol. The number of carbonyl (C=O) groups is 2. The monoisotopic (exact) mass is 226 g/mol. The van der Waals surface area contributed by atoms with Crippen LogP contribution < -0.4 is 5.73 Å². The molecule has 0 spiro atoms. The summed E-state index contributed by atoms with van der Waals surface area (Å²) in [4.78, 5) is 23.3. The van der Waals surface area contributed by atoms with Gasteiger partial charge in [-0.2, -0.15) is 0 Å². The van der Waals surface area contributed by atoms with E-state index >= 15 is 0 Å². The summed E-state index contributed by atoms with van der Waals surface area (Å²) in [5.74, 6) is -1.65. The maximum Gasteiger partial charge on any atom is 0.372 e. The summed E-state index contributed by atoms with van der Waals surface area (Å²) >= 11 is 0. The molecule has 0 aliphatic rings. The average Bonchev–Trinajstić information content (AvgIpc) is 2.64. The first-order chi connectivity index (χ1) is 7.54. The Hall–Kier alpha value is -1.82. The zero-order valence-corrected chi connectivity index (χ0v) is 8.97. The highest BCUT2D eigenvalue weighted by molar-refractivity contribution is 5.86. The highest BCUT2D eigenvalue weighted by Crippen LogP contribution is 2.13. The SMILES string of the molecule is CCN(CC(N)=O)Cc1ccoc1C(=O)O. The largest absolute Gasteiger partial charge is 0.475 e. The van der Waals surface area contributed by atoms with E-state index in [1.807, 2.05) is 6.92 Å². The lowest BCUT2D eigenvalue weighted by Gasteiger charge is -2.17. The van der Waals surface area contributed by atoms with Gasteiger partial charge in [-0.15, -0.1) is 0 Å². The Morgan fingerprint density at radius 3 is 2.75 bits per heavy atom. The number of nitrogens with two attached hydrogens (primary N) is 1. The first-order valence-electron chi connectivity index (χ1n) is 4.85. The van der Waals surface area contributed by atoms with Crippen LogP contribution in [0.2, 0.25) is 0 Å². The molecule has 6 heteroatoms. The third kappa shape index (κ3) is 3.09. The van der Waals surface area contributed by atoms with Gasteiger partial charge in [-0.05, 0) is 12.6 Å². The average molecular weight is 226 g/mol. The van der Waals surface area contributed by atoms with Crippen LogP contribution in [-0.4, -0.2) is 35.0 Å². The summed E-state index contributed by atoms with van der Waals surface area (Å²) in [7, 11) is 0. The molecule has 0 bridgehead atoms. The van der Waals surface area contributed by atoms with E-state index in [0.717, 1.165) is 0 Å². The van der Waals surface area contributed by atoms with Gasteiger partial charge in [0.05, 0.1) is 12.8 Å². The van der Waals surface area contributed by atoms with Gasteiger partial charge in [0.25, 0.3) is 0 Å². The van der Waals surface area contributed by atoms with Crippen LogP contribution in [0, 0.1) is 0 Å². The van der Waals surface area contributed by atoms with Crippen LogP contribution in [-0.2, 0) is 11.3 Å². The van der Waals surface area contributed by atoms with E-state index < -0.39 is 11.9 Å². The molecule has 0 aromatic carbocycles. The second-order valence-corrected chi connectivity index (χ2v) is 3.35. The molecule has 88 valence electrons. The second kappa shape index (κ2) is 5.32. The molecule has 0 aliphatic carbocycles. The molecule has 1 aromatic heterocycles. The molecule has 6 nitrogen and oxygen atoms in total. The smallest absolute Gasteiger partial charge is 0.372 e. The molecular weight excluding hydrogens is 212 g/mol. The fraction of sp³-hybridized carbons (Fsp3) is 0.400. The molecule has 0 atom stereocenters. The minimum Gasteiger partial charge on any atom is -0.475 e. The molecule has 3 N–H and O–H groups in total. The molecule has 1 aromatic rings. The van der Waals surface area contributed by atoms with Crippen molar-refractivity contribution in [2.24, 2.45) is 5.73 Å². The van der Waals surface area contributed by atoms with Crippen molar-refractivity contribution in [2.45, 2.75) is 13.5 Å². The molecular formula is C10H14N2O4. The Morgan fingerprint density at radius 1 is 1.56 bits per heavy atom. The van der Waals surface area contributed by atoms with E-state index in [4.69, 9.17) is 15.3 Å². The maximum absolute atomic E-state index is 10.8. The number of rotatable bonds is 6. The van der Waals surface area contributed by atoms with Gasteiger partial charge >= 0.3 is 5.97 Å². The van der Waals surface area contributed by atoms with Crippen molar-refractivity contribution in [3.8, 4) is 0 Å². The van der Waals surface area contributed by atoms with E-state index in [1.165, 1.54) is 6.26 Å². The summed E-state index contributed by atoms with van der Waals surface area (Å²) in [5.41, 5.74) is 5.61. The van der Waals surface area contributed by atoms with Gasteiger partial charge in [0.15, 0.2) is 0 Å². The van der Waals surface area contributed by atoms with Gasteiger partial charge in [0, 0.05) is 12.1 Å². The van der Waals surface area contributed by atoms with Gasteiger partial charge in [-0.3, -0.25) is 9.69 Å². The minimum atomic E-state index is -1.12. The van der Waals surface area contributed by atoms with Crippen molar-refractivity contribution >= 4 is 11.9 Å². The summed E-state index contributed by atoms with van der Waals surface area (Å²) < 4.78 is 4.83. The van der Waals surface area contributed by atoms with Gasteiger partial charge in [0.1, 0.15) is 0 Å². The number of nitrogens with zero attached hydrogens (tertiary/aromatic N) is 1. The van der Waals surface area contributed by atoms with Gasteiger partial charge in [0.2, 0.25) is 11.7 Å². The molecule has 1 rings (SSSR count). The quantitative estimate of drug-likeness (QED) is 0.726. The first kappa shape index (κ1) is 12.3. The number of primary amides is 1. The first-order valence-corrected chi connectivity index (χ1v) is 4.85. The Kier molecular flexibility index (Phi) is 4.07. The van der Waals surface area contributed by atoms with Crippen molar-refractivity contribution < 1.29 is 19.1 Å². The van der Waals surface area contributed by atoms with E-state index in [0.29, 0.717) is 18.7 Å². The zero-order chi connectivity index (χ0) is 12.1. The fourth-order valence-electron chi connectivity index (χ4n) is 1.39. The van der Waals surface area contributed by atoms with Crippen LogP contribution in [0.5, 0.6) is 0 Å². The molecule has 0 aliphatic heterocycles. The number of furan rings is 1. The topological polar surface area (TPSA) is 96.8 Å². The van der Waals surface area contributed by atoms with Crippen molar-refractivity contribution in [3.05, 3.63) is 23.7 Å². The molecule has 0 radical (unpaired) electrons. The van der Waals surface area contributed by atoms with E-state index in [1.54, 1.807) is 11.0 Å². The number of likely N-dealkylation sites (N-methyl/N-ethyl adjacent to an activating group) is 1. The number of hydrogen-bond donors (Lipinski definition) is 2. The normalized spacial score (nSPS) is 10.6. The molecule has 1 amide bonds. The summed E-state index contributed by atoms with van der Waals surface area (Å²) in [6.07, 6.45) is 1.32. The zero-order valence-electron chi connectivity index (χ0n) is 8.97. The van der Waals surface area contributed by atoms with Crippen LogP contribution in [0.15, 0.2) is 16.7 Å². The van der Waals surface area contributed by atoms with Crippen LogP contribution in [0.25, 0.3) is 0 Å². The molecule has 0 fully saturated rings. The third-order valence-corrected chi connectivity index (χ3v) is 2.16. The minimum absolute atomic E-state index is 0.0945. The molecule has 1 heterocycles. The van der Waals surface area contributed by atoms with Crippen LogP contribution in [0.3, 0.4) is 0 Å². The van der Waals surface area contributed by atoms with Gasteiger partial charge < -0.3 is 15.3 Å².